The van der Waals surface area contributed by atoms with Crippen molar-refractivity contribution in [2.75, 3.05) is 0 Å². The van der Waals surface area contributed by atoms with Crippen molar-refractivity contribution in [2.45, 2.75) is 38.8 Å². The third-order valence-electron chi connectivity index (χ3n) is 2.74. The molecule has 0 unspecified atom stereocenters. The number of carboxylic acids is 2. The zero-order valence-corrected chi connectivity index (χ0v) is 8.93. The molecule has 86 valence electrons. The Morgan fingerprint density at radius 3 is 2.33 bits per heavy atom. The number of hydrogen-bond donors (Lipinski definition) is 3. The second-order valence-electron chi connectivity index (χ2n) is 4.48. The van der Waals surface area contributed by atoms with Gasteiger partial charge >= 0.3 is 11.9 Å². The van der Waals surface area contributed by atoms with E-state index in [4.69, 9.17) is 10.2 Å². The van der Waals surface area contributed by atoms with Crippen molar-refractivity contribution in [1.82, 2.24) is 5.32 Å². The normalized spacial score (nSPS) is 29.9. The van der Waals surface area contributed by atoms with Gasteiger partial charge in [-0.2, -0.15) is 0 Å². The summed E-state index contributed by atoms with van der Waals surface area (Å²) in [4.78, 5) is 21.3. The highest BCUT2D eigenvalue weighted by atomic mass is 16.4. The summed E-state index contributed by atoms with van der Waals surface area (Å²) in [6.07, 6.45) is 0.753. The summed E-state index contributed by atoms with van der Waals surface area (Å²) in [5.74, 6) is -1.72. The van der Waals surface area contributed by atoms with Gasteiger partial charge in [-0.3, -0.25) is 9.59 Å². The Labute approximate surface area is 88.5 Å². The third-order valence-corrected chi connectivity index (χ3v) is 2.74. The van der Waals surface area contributed by atoms with Crippen LogP contribution in [0.3, 0.4) is 0 Å². The summed E-state index contributed by atoms with van der Waals surface area (Å²) in [5.41, 5.74) is 0. The topological polar surface area (TPSA) is 86.6 Å². The van der Waals surface area contributed by atoms with Gasteiger partial charge < -0.3 is 15.5 Å². The molecule has 1 aliphatic heterocycles. The van der Waals surface area contributed by atoms with Crippen molar-refractivity contribution in [3.63, 3.8) is 0 Å². The van der Waals surface area contributed by atoms with Crippen LogP contribution in [0, 0.1) is 11.8 Å². The quantitative estimate of drug-likeness (QED) is 0.623. The van der Waals surface area contributed by atoms with E-state index < -0.39 is 18.0 Å². The zero-order chi connectivity index (χ0) is 11.6. The van der Waals surface area contributed by atoms with Crippen LogP contribution >= 0.6 is 0 Å². The van der Waals surface area contributed by atoms with Gasteiger partial charge in [-0.25, -0.2) is 0 Å². The van der Waals surface area contributed by atoms with Crippen molar-refractivity contribution < 1.29 is 19.8 Å². The number of carbonyl (C=O) groups is 2. The fourth-order valence-corrected chi connectivity index (χ4v) is 2.06. The monoisotopic (exact) mass is 215 g/mol. The molecule has 15 heavy (non-hydrogen) atoms. The van der Waals surface area contributed by atoms with E-state index in [1.54, 1.807) is 0 Å². The van der Waals surface area contributed by atoms with Crippen molar-refractivity contribution in [3.05, 3.63) is 0 Å². The first-order valence-corrected chi connectivity index (χ1v) is 5.12. The van der Waals surface area contributed by atoms with E-state index in [1.165, 1.54) is 0 Å². The third kappa shape index (κ3) is 2.92. The first-order chi connectivity index (χ1) is 6.91. The summed E-state index contributed by atoms with van der Waals surface area (Å²) < 4.78 is 0. The molecule has 0 aromatic rings. The fourth-order valence-electron chi connectivity index (χ4n) is 2.06. The van der Waals surface area contributed by atoms with Crippen LogP contribution in [0.15, 0.2) is 0 Å². The molecule has 0 saturated carbocycles. The maximum absolute atomic E-state index is 10.7. The summed E-state index contributed by atoms with van der Waals surface area (Å²) >= 11 is 0. The van der Waals surface area contributed by atoms with Gasteiger partial charge in [-0.1, -0.05) is 13.8 Å². The minimum Gasteiger partial charge on any atom is -0.481 e. The molecule has 3 N–H and O–H groups in total. The van der Waals surface area contributed by atoms with Crippen LogP contribution in [0.4, 0.5) is 0 Å². The predicted molar refractivity (Wildman–Crippen MR) is 53.5 cm³/mol. The Morgan fingerprint density at radius 2 is 1.93 bits per heavy atom. The highest BCUT2D eigenvalue weighted by Crippen LogP contribution is 2.29. The van der Waals surface area contributed by atoms with Crippen LogP contribution in [0.2, 0.25) is 0 Å². The number of hydrogen-bond acceptors (Lipinski definition) is 3. The molecular formula is C10H17NO4. The van der Waals surface area contributed by atoms with Gasteiger partial charge in [0, 0.05) is 12.0 Å². The molecule has 1 heterocycles. The van der Waals surface area contributed by atoms with Gasteiger partial charge in [0.05, 0.1) is 6.42 Å². The Morgan fingerprint density at radius 1 is 1.33 bits per heavy atom. The van der Waals surface area contributed by atoms with Crippen LogP contribution in [0.25, 0.3) is 0 Å². The van der Waals surface area contributed by atoms with E-state index in [9.17, 15) is 9.59 Å². The number of aliphatic carboxylic acids is 2. The van der Waals surface area contributed by atoms with Gasteiger partial charge in [0.1, 0.15) is 6.04 Å². The van der Waals surface area contributed by atoms with Crippen molar-refractivity contribution >= 4 is 11.9 Å². The van der Waals surface area contributed by atoms with E-state index in [1.807, 2.05) is 13.8 Å². The molecule has 1 fully saturated rings. The molecule has 0 aromatic heterocycles. The Bertz CT molecular complexity index is 264. The lowest BCUT2D eigenvalue weighted by atomic mass is 9.76. The van der Waals surface area contributed by atoms with E-state index in [-0.39, 0.29) is 18.4 Å². The molecule has 0 aromatic carbocycles. The lowest BCUT2D eigenvalue weighted by Gasteiger charge is -2.44. The van der Waals surface area contributed by atoms with E-state index in [0.717, 1.165) is 6.42 Å². The largest absolute Gasteiger partial charge is 0.481 e. The van der Waals surface area contributed by atoms with Crippen molar-refractivity contribution in [1.29, 1.82) is 0 Å². The highest BCUT2D eigenvalue weighted by Gasteiger charge is 2.45. The molecule has 3 atom stereocenters. The molecule has 1 aliphatic rings. The molecule has 1 rings (SSSR count). The second-order valence-corrected chi connectivity index (χ2v) is 4.48. The van der Waals surface area contributed by atoms with Gasteiger partial charge in [-0.15, -0.1) is 0 Å². The van der Waals surface area contributed by atoms with Crippen LogP contribution in [0.1, 0.15) is 26.7 Å². The van der Waals surface area contributed by atoms with Crippen molar-refractivity contribution in [3.8, 4) is 0 Å². The van der Waals surface area contributed by atoms with Crippen LogP contribution in [-0.2, 0) is 9.59 Å². The summed E-state index contributed by atoms with van der Waals surface area (Å²) in [6.45, 7) is 4.07. The van der Waals surface area contributed by atoms with Gasteiger partial charge in [0.2, 0.25) is 0 Å². The van der Waals surface area contributed by atoms with Crippen molar-refractivity contribution in [2.24, 2.45) is 11.8 Å². The second kappa shape index (κ2) is 4.61. The fraction of sp³-hybridized carbons (Fsp3) is 0.800. The molecule has 5 heteroatoms. The van der Waals surface area contributed by atoms with Gasteiger partial charge in [0.25, 0.3) is 0 Å². The van der Waals surface area contributed by atoms with E-state index in [0.29, 0.717) is 5.92 Å². The number of nitrogens with one attached hydrogen (secondary N) is 1. The molecular weight excluding hydrogens is 198 g/mol. The van der Waals surface area contributed by atoms with E-state index >= 15 is 0 Å². The molecule has 0 amide bonds. The Balaban J connectivity index is 2.55. The molecule has 0 spiro atoms. The lowest BCUT2D eigenvalue weighted by Crippen LogP contribution is -2.65. The smallest absolute Gasteiger partial charge is 0.321 e. The van der Waals surface area contributed by atoms with E-state index in [2.05, 4.69) is 5.32 Å². The van der Waals surface area contributed by atoms with Crippen LogP contribution in [0.5, 0.6) is 0 Å². The summed E-state index contributed by atoms with van der Waals surface area (Å²) in [7, 11) is 0. The maximum atomic E-state index is 10.7. The number of carboxylic acid groups (broad SMARTS) is 2. The van der Waals surface area contributed by atoms with Gasteiger partial charge in [-0.05, 0) is 12.3 Å². The minimum atomic E-state index is -0.957. The lowest BCUT2D eigenvalue weighted by molar-refractivity contribution is -0.148. The Hall–Kier alpha value is -1.10. The summed E-state index contributed by atoms with van der Waals surface area (Å²) in [6, 6.07) is -0.660. The first kappa shape index (κ1) is 12.0. The molecule has 0 radical (unpaired) electrons. The van der Waals surface area contributed by atoms with Gasteiger partial charge in [0.15, 0.2) is 0 Å². The minimum absolute atomic E-state index is 0.0298. The predicted octanol–water partition coefficient (Wildman–Crippen LogP) is 0.548. The molecule has 1 saturated heterocycles. The maximum Gasteiger partial charge on any atom is 0.321 e. The van der Waals surface area contributed by atoms with Crippen LogP contribution < -0.4 is 5.32 Å². The molecule has 0 bridgehead atoms. The standard InChI is InChI=1S/C10H17NO4/c1-5(2)3-7-6(4-8(12)13)9(11-7)10(14)15/h5-7,9,11H,3-4H2,1-2H3,(H,12,13)(H,14,15)/t6-,7-,9+/m0/s1. The first-order valence-electron chi connectivity index (χ1n) is 5.12. The SMILES string of the molecule is CC(C)C[C@@H]1N[C@@H](C(=O)O)[C@H]1CC(=O)O. The molecule has 5 nitrogen and oxygen atoms in total. The van der Waals surface area contributed by atoms with Crippen LogP contribution in [-0.4, -0.2) is 34.2 Å². The zero-order valence-electron chi connectivity index (χ0n) is 8.93. The average molecular weight is 215 g/mol. The Kier molecular flexibility index (Phi) is 3.68. The highest BCUT2D eigenvalue weighted by molar-refractivity contribution is 5.77. The summed E-state index contributed by atoms with van der Waals surface area (Å²) in [5, 5.41) is 20.4. The average Bonchev–Trinajstić information content (AvgIpc) is 2.06. The number of rotatable bonds is 5. The molecule has 0 aliphatic carbocycles.